The zero-order valence-corrected chi connectivity index (χ0v) is 14.2. The fraction of sp³-hybridized carbons (Fsp3) is 0.0526. The number of aryl methyl sites for hydroxylation is 1. The van der Waals surface area contributed by atoms with Crippen molar-refractivity contribution in [1.82, 2.24) is 24.7 Å². The lowest BCUT2D eigenvalue weighted by Crippen LogP contribution is -1.86. The van der Waals surface area contributed by atoms with Crippen molar-refractivity contribution in [1.29, 1.82) is 0 Å². The number of rotatable bonds is 2. The largest absolute Gasteiger partial charge is 0.275 e. The Morgan fingerprint density at radius 3 is 2.88 bits per heavy atom. The summed E-state index contributed by atoms with van der Waals surface area (Å²) in [5, 5.41) is 7.43. The molecule has 25 heavy (non-hydrogen) atoms. The van der Waals surface area contributed by atoms with Gasteiger partial charge in [0.1, 0.15) is 6.33 Å². The van der Waals surface area contributed by atoms with E-state index in [4.69, 9.17) is 4.98 Å². The molecule has 6 heteroatoms. The van der Waals surface area contributed by atoms with Crippen LogP contribution in [0.25, 0.3) is 43.5 Å². The number of hydrogen-bond acceptors (Lipinski definition) is 5. The van der Waals surface area contributed by atoms with Gasteiger partial charge in [-0.2, -0.15) is 5.10 Å². The van der Waals surface area contributed by atoms with Gasteiger partial charge in [-0.1, -0.05) is 6.07 Å². The highest BCUT2D eigenvalue weighted by Crippen LogP contribution is 2.35. The molecule has 0 atom stereocenters. The van der Waals surface area contributed by atoms with E-state index in [0.717, 1.165) is 38.8 Å². The number of thiophene rings is 1. The average molecular weight is 343 g/mol. The second-order valence-corrected chi connectivity index (χ2v) is 6.80. The van der Waals surface area contributed by atoms with Gasteiger partial charge in [-0.05, 0) is 29.8 Å². The van der Waals surface area contributed by atoms with Gasteiger partial charge in [0, 0.05) is 41.3 Å². The molecule has 0 unspecified atom stereocenters. The van der Waals surface area contributed by atoms with Crippen LogP contribution in [0, 0.1) is 0 Å². The first-order valence-electron chi connectivity index (χ1n) is 7.85. The molecule has 0 saturated carbocycles. The lowest BCUT2D eigenvalue weighted by molar-refractivity contribution is 0.768. The maximum Gasteiger partial charge on any atom is 0.116 e. The first kappa shape index (κ1) is 14.2. The van der Waals surface area contributed by atoms with Crippen molar-refractivity contribution in [2.45, 2.75) is 0 Å². The molecule has 5 nitrogen and oxygen atoms in total. The Kier molecular flexibility index (Phi) is 3.11. The fourth-order valence-electron chi connectivity index (χ4n) is 2.98. The highest BCUT2D eigenvalue weighted by molar-refractivity contribution is 7.17. The van der Waals surface area contributed by atoms with E-state index in [0.29, 0.717) is 0 Å². The molecule has 0 amide bonds. The maximum absolute atomic E-state index is 4.90. The minimum atomic E-state index is 0.935. The van der Waals surface area contributed by atoms with Crippen molar-refractivity contribution < 1.29 is 0 Å². The Morgan fingerprint density at radius 2 is 2.00 bits per heavy atom. The zero-order chi connectivity index (χ0) is 16.8. The van der Waals surface area contributed by atoms with Crippen LogP contribution in [0.5, 0.6) is 0 Å². The number of pyridine rings is 1. The predicted molar refractivity (Wildman–Crippen MR) is 100 cm³/mol. The molecule has 0 bridgehead atoms. The van der Waals surface area contributed by atoms with Gasteiger partial charge < -0.3 is 0 Å². The van der Waals surface area contributed by atoms with Crippen molar-refractivity contribution in [2.24, 2.45) is 7.05 Å². The summed E-state index contributed by atoms with van der Waals surface area (Å²) in [4.78, 5) is 13.3. The van der Waals surface area contributed by atoms with E-state index >= 15 is 0 Å². The molecule has 0 radical (unpaired) electrons. The molecule has 0 aliphatic heterocycles. The molecule has 120 valence electrons. The third-order valence-electron chi connectivity index (χ3n) is 4.23. The van der Waals surface area contributed by atoms with Gasteiger partial charge in [0.25, 0.3) is 0 Å². The molecule has 0 aliphatic carbocycles. The summed E-state index contributed by atoms with van der Waals surface area (Å²) in [7, 11) is 1.91. The predicted octanol–water partition coefficient (Wildman–Crippen LogP) is 4.31. The lowest BCUT2D eigenvalue weighted by atomic mass is 10.1. The Labute approximate surface area is 147 Å². The molecule has 4 aromatic heterocycles. The summed E-state index contributed by atoms with van der Waals surface area (Å²) in [6.07, 6.45) is 7.24. The summed E-state index contributed by atoms with van der Waals surface area (Å²) in [6.45, 7) is 0. The SMILES string of the molecule is Cn1cc(-c2ccc3scc(-c4ccc5ncncc5c4)c3n2)cn1. The number of nitrogens with zero attached hydrogens (tertiary/aromatic N) is 5. The molecule has 4 heterocycles. The first-order valence-corrected chi connectivity index (χ1v) is 8.73. The van der Waals surface area contributed by atoms with E-state index in [1.54, 1.807) is 22.3 Å². The summed E-state index contributed by atoms with van der Waals surface area (Å²) < 4.78 is 2.96. The van der Waals surface area contributed by atoms with Crippen molar-refractivity contribution in [3.05, 3.63) is 60.6 Å². The smallest absolute Gasteiger partial charge is 0.116 e. The highest BCUT2D eigenvalue weighted by atomic mass is 32.1. The number of aromatic nitrogens is 5. The van der Waals surface area contributed by atoms with Crippen molar-refractivity contribution >= 4 is 32.5 Å². The number of hydrogen-bond donors (Lipinski definition) is 0. The quantitative estimate of drug-likeness (QED) is 0.479. The highest BCUT2D eigenvalue weighted by Gasteiger charge is 2.11. The summed E-state index contributed by atoms with van der Waals surface area (Å²) in [5.74, 6) is 0. The van der Waals surface area contributed by atoms with Crippen molar-refractivity contribution in [3.63, 3.8) is 0 Å². The molecule has 0 fully saturated rings. The van der Waals surface area contributed by atoms with Crippen LogP contribution < -0.4 is 0 Å². The molecule has 5 rings (SSSR count). The van der Waals surface area contributed by atoms with E-state index in [-0.39, 0.29) is 0 Å². The van der Waals surface area contributed by atoms with Crippen LogP contribution in [0.1, 0.15) is 0 Å². The molecular weight excluding hydrogens is 330 g/mol. The van der Waals surface area contributed by atoms with E-state index in [1.165, 1.54) is 4.70 Å². The summed E-state index contributed by atoms with van der Waals surface area (Å²) >= 11 is 1.71. The van der Waals surface area contributed by atoms with Crippen molar-refractivity contribution in [2.75, 3.05) is 0 Å². The molecule has 0 N–H and O–H groups in total. The first-order chi connectivity index (χ1) is 12.3. The molecule has 0 saturated heterocycles. The number of fused-ring (bicyclic) bond motifs is 2. The zero-order valence-electron chi connectivity index (χ0n) is 13.4. The standard InChI is InChI=1S/C19H13N5S/c1-24-9-14(8-22-24)17-4-5-18-19(23-17)15(10-25-18)12-2-3-16-13(6-12)7-20-11-21-16/h2-11H,1H3. The van der Waals surface area contributed by atoms with Gasteiger partial charge in [-0.25, -0.2) is 15.0 Å². The van der Waals surface area contributed by atoms with E-state index in [1.807, 2.05) is 37.8 Å². The second-order valence-electron chi connectivity index (χ2n) is 5.89. The van der Waals surface area contributed by atoms with Crippen LogP contribution in [0.2, 0.25) is 0 Å². The van der Waals surface area contributed by atoms with Crippen LogP contribution in [0.15, 0.2) is 60.6 Å². The van der Waals surface area contributed by atoms with Gasteiger partial charge >= 0.3 is 0 Å². The van der Waals surface area contributed by atoms with E-state index < -0.39 is 0 Å². The normalized spacial score (nSPS) is 11.4. The minimum Gasteiger partial charge on any atom is -0.275 e. The second kappa shape index (κ2) is 5.46. The molecular formula is C19H13N5S. The van der Waals surface area contributed by atoms with Crippen LogP contribution >= 0.6 is 11.3 Å². The van der Waals surface area contributed by atoms with E-state index in [9.17, 15) is 0 Å². The summed E-state index contributed by atoms with van der Waals surface area (Å²) in [5.41, 5.74) is 6.18. The number of benzene rings is 1. The monoisotopic (exact) mass is 343 g/mol. The Balaban J connectivity index is 1.69. The maximum atomic E-state index is 4.90. The lowest BCUT2D eigenvalue weighted by Gasteiger charge is -2.03. The third kappa shape index (κ3) is 2.38. The topological polar surface area (TPSA) is 56.5 Å². The van der Waals surface area contributed by atoms with Crippen LogP contribution in [-0.2, 0) is 7.05 Å². The van der Waals surface area contributed by atoms with Crippen LogP contribution in [0.4, 0.5) is 0 Å². The molecule has 0 spiro atoms. The van der Waals surface area contributed by atoms with Gasteiger partial charge in [0.15, 0.2) is 0 Å². The van der Waals surface area contributed by atoms with Crippen molar-refractivity contribution in [3.8, 4) is 22.4 Å². The van der Waals surface area contributed by atoms with Gasteiger partial charge in [0.2, 0.25) is 0 Å². The molecule has 0 aliphatic rings. The van der Waals surface area contributed by atoms with Gasteiger partial charge in [-0.15, -0.1) is 11.3 Å². The molecule has 1 aromatic carbocycles. The Morgan fingerprint density at radius 1 is 1.04 bits per heavy atom. The third-order valence-corrected chi connectivity index (χ3v) is 5.17. The Hall–Kier alpha value is -3.12. The Bertz CT molecular complexity index is 1220. The van der Waals surface area contributed by atoms with E-state index in [2.05, 4.69) is 38.6 Å². The van der Waals surface area contributed by atoms with Crippen LogP contribution in [0.3, 0.4) is 0 Å². The minimum absolute atomic E-state index is 0.935. The van der Waals surface area contributed by atoms with Crippen LogP contribution in [-0.4, -0.2) is 24.7 Å². The van der Waals surface area contributed by atoms with Gasteiger partial charge in [0.05, 0.1) is 27.6 Å². The average Bonchev–Trinajstić information content (AvgIpc) is 3.27. The summed E-state index contributed by atoms with van der Waals surface area (Å²) in [6, 6.07) is 10.4. The fourth-order valence-corrected chi connectivity index (χ4v) is 3.89. The molecule has 5 aromatic rings. The van der Waals surface area contributed by atoms with Gasteiger partial charge in [-0.3, -0.25) is 4.68 Å².